The van der Waals surface area contributed by atoms with Gasteiger partial charge in [0.1, 0.15) is 0 Å². The highest BCUT2D eigenvalue weighted by Gasteiger charge is 2.19. The summed E-state index contributed by atoms with van der Waals surface area (Å²) in [6, 6.07) is 0. The zero-order valence-corrected chi connectivity index (χ0v) is 13.5. The Morgan fingerprint density at radius 1 is 1.38 bits per heavy atom. The summed E-state index contributed by atoms with van der Waals surface area (Å²) in [5, 5.41) is 15.2. The average molecular weight is 291 g/mol. The van der Waals surface area contributed by atoms with Gasteiger partial charge >= 0.3 is 0 Å². The number of nitrogens with zero attached hydrogens (tertiary/aromatic N) is 3. The molecule has 0 unspecified atom stereocenters. The number of ether oxygens (including phenoxy) is 1. The maximum Gasteiger partial charge on any atom is 0.0729 e. The fourth-order valence-corrected chi connectivity index (χ4v) is 2.12. The maximum atomic E-state index is 5.04. The van der Waals surface area contributed by atoms with Gasteiger partial charge in [-0.25, -0.2) is 0 Å². The van der Waals surface area contributed by atoms with Crippen molar-refractivity contribution < 1.29 is 4.74 Å². The van der Waals surface area contributed by atoms with E-state index in [1.807, 2.05) is 17.8 Å². The van der Waals surface area contributed by atoms with Crippen molar-refractivity contribution in [1.82, 2.24) is 25.3 Å². The van der Waals surface area contributed by atoms with Gasteiger partial charge in [0, 0.05) is 37.5 Å². The molecular weight excluding hydrogens is 266 g/mol. The van der Waals surface area contributed by atoms with Gasteiger partial charge in [-0.05, 0) is 27.7 Å². The number of H-pyrrole nitrogens is 1. The summed E-state index contributed by atoms with van der Waals surface area (Å²) in [5.74, 6) is 0. The highest BCUT2D eigenvalue weighted by molar-refractivity contribution is 5.64. The molecule has 2 heterocycles. The summed E-state index contributed by atoms with van der Waals surface area (Å²) in [4.78, 5) is 0. The fraction of sp³-hybridized carbons (Fsp3) is 0.600. The number of aromatic nitrogens is 4. The topological polar surface area (TPSA) is 67.8 Å². The first kappa shape index (κ1) is 15.7. The standard InChI is InChI=1S/C15H25N5O/c1-11-13(10-20(19-11)15(2,3)4)14-12(9-17-18-14)8-16-6-7-21-5/h9-10,16H,6-8H2,1-5H3,(H,17,18). The predicted octanol–water partition coefficient (Wildman–Crippen LogP) is 2.07. The van der Waals surface area contributed by atoms with Crippen LogP contribution in [0, 0.1) is 6.92 Å². The van der Waals surface area contributed by atoms with E-state index in [4.69, 9.17) is 4.74 Å². The zero-order valence-electron chi connectivity index (χ0n) is 13.5. The molecule has 0 saturated carbocycles. The lowest BCUT2D eigenvalue weighted by Gasteiger charge is -2.18. The van der Waals surface area contributed by atoms with Crippen LogP contribution < -0.4 is 5.32 Å². The molecule has 0 saturated heterocycles. The minimum atomic E-state index is -0.0279. The molecule has 6 heteroatoms. The summed E-state index contributed by atoms with van der Waals surface area (Å²) in [6.07, 6.45) is 3.95. The molecule has 0 aliphatic heterocycles. The third-order valence-electron chi connectivity index (χ3n) is 3.37. The summed E-state index contributed by atoms with van der Waals surface area (Å²) in [5.41, 5.74) is 4.26. The Morgan fingerprint density at radius 2 is 2.14 bits per heavy atom. The van der Waals surface area contributed by atoms with E-state index in [9.17, 15) is 0 Å². The Balaban J connectivity index is 2.19. The molecule has 6 nitrogen and oxygen atoms in total. The molecule has 2 aromatic heterocycles. The van der Waals surface area contributed by atoms with E-state index in [1.54, 1.807) is 7.11 Å². The van der Waals surface area contributed by atoms with Gasteiger partial charge in [-0.2, -0.15) is 10.2 Å². The lowest BCUT2D eigenvalue weighted by molar-refractivity contribution is 0.199. The van der Waals surface area contributed by atoms with Crippen LogP contribution in [0.15, 0.2) is 12.4 Å². The molecule has 21 heavy (non-hydrogen) atoms. The van der Waals surface area contributed by atoms with E-state index in [0.717, 1.165) is 35.6 Å². The number of hydrogen-bond donors (Lipinski definition) is 2. The molecule has 2 aromatic rings. The summed E-state index contributed by atoms with van der Waals surface area (Å²) < 4.78 is 7.04. The van der Waals surface area contributed by atoms with Gasteiger partial charge < -0.3 is 10.1 Å². The first-order valence-electron chi connectivity index (χ1n) is 7.22. The highest BCUT2D eigenvalue weighted by Crippen LogP contribution is 2.26. The molecule has 2 rings (SSSR count). The molecule has 0 aliphatic rings. The summed E-state index contributed by atoms with van der Waals surface area (Å²) >= 11 is 0. The Labute approximate surface area is 125 Å². The van der Waals surface area contributed by atoms with E-state index < -0.39 is 0 Å². The lowest BCUT2D eigenvalue weighted by Crippen LogP contribution is -2.22. The molecule has 0 fully saturated rings. The average Bonchev–Trinajstić information content (AvgIpc) is 3.00. The Bertz CT molecular complexity index is 579. The number of aryl methyl sites for hydroxylation is 1. The van der Waals surface area contributed by atoms with Gasteiger partial charge in [-0.15, -0.1) is 0 Å². The lowest BCUT2D eigenvalue weighted by atomic mass is 10.1. The van der Waals surface area contributed by atoms with Crippen molar-refractivity contribution in [1.29, 1.82) is 0 Å². The van der Waals surface area contributed by atoms with E-state index >= 15 is 0 Å². The SMILES string of the molecule is COCCNCc1cn[nH]c1-c1cn(C(C)(C)C)nc1C. The van der Waals surface area contributed by atoms with Gasteiger partial charge in [0.05, 0.1) is 29.7 Å². The quantitative estimate of drug-likeness (QED) is 0.800. The van der Waals surface area contributed by atoms with Gasteiger partial charge in [0.15, 0.2) is 0 Å². The molecule has 0 radical (unpaired) electrons. The molecule has 0 bridgehead atoms. The monoisotopic (exact) mass is 291 g/mol. The Kier molecular flexibility index (Phi) is 4.80. The number of hydrogen-bond acceptors (Lipinski definition) is 4. The van der Waals surface area contributed by atoms with Gasteiger partial charge in [0.2, 0.25) is 0 Å². The molecule has 0 atom stereocenters. The van der Waals surface area contributed by atoms with Crippen molar-refractivity contribution in [3.8, 4) is 11.3 Å². The van der Waals surface area contributed by atoms with E-state index in [0.29, 0.717) is 6.61 Å². The molecule has 2 N–H and O–H groups in total. The smallest absolute Gasteiger partial charge is 0.0729 e. The van der Waals surface area contributed by atoms with E-state index in [-0.39, 0.29) is 5.54 Å². The minimum Gasteiger partial charge on any atom is -0.383 e. The normalized spacial score (nSPS) is 12.0. The van der Waals surface area contributed by atoms with Crippen LogP contribution >= 0.6 is 0 Å². The van der Waals surface area contributed by atoms with Crippen LogP contribution in [0.1, 0.15) is 32.0 Å². The number of nitrogens with one attached hydrogen (secondary N) is 2. The minimum absolute atomic E-state index is 0.0279. The Morgan fingerprint density at radius 3 is 2.76 bits per heavy atom. The number of methoxy groups -OCH3 is 1. The molecule has 0 spiro atoms. The van der Waals surface area contributed by atoms with Crippen molar-refractivity contribution in [2.24, 2.45) is 0 Å². The highest BCUT2D eigenvalue weighted by atomic mass is 16.5. The van der Waals surface area contributed by atoms with Crippen LogP contribution in [0.4, 0.5) is 0 Å². The van der Waals surface area contributed by atoms with Gasteiger partial charge in [0.25, 0.3) is 0 Å². The molecule has 0 amide bonds. The van der Waals surface area contributed by atoms with Gasteiger partial charge in [-0.3, -0.25) is 9.78 Å². The van der Waals surface area contributed by atoms with Crippen LogP contribution in [0.2, 0.25) is 0 Å². The van der Waals surface area contributed by atoms with Crippen molar-refractivity contribution in [2.45, 2.75) is 39.8 Å². The second-order valence-corrected chi connectivity index (χ2v) is 6.18. The van der Waals surface area contributed by atoms with Crippen molar-refractivity contribution in [3.63, 3.8) is 0 Å². The molecule has 0 aromatic carbocycles. The first-order valence-corrected chi connectivity index (χ1v) is 7.22. The number of aromatic amines is 1. The number of rotatable bonds is 6. The summed E-state index contributed by atoms with van der Waals surface area (Å²) in [7, 11) is 1.70. The van der Waals surface area contributed by atoms with Crippen LogP contribution in [0.5, 0.6) is 0 Å². The van der Waals surface area contributed by atoms with Crippen molar-refractivity contribution in [2.75, 3.05) is 20.3 Å². The molecule has 0 aliphatic carbocycles. The maximum absolute atomic E-state index is 5.04. The molecule has 116 valence electrons. The van der Waals surface area contributed by atoms with E-state index in [2.05, 4.69) is 47.6 Å². The second-order valence-electron chi connectivity index (χ2n) is 6.18. The van der Waals surface area contributed by atoms with Gasteiger partial charge in [-0.1, -0.05) is 0 Å². The van der Waals surface area contributed by atoms with E-state index in [1.165, 1.54) is 0 Å². The Hall–Kier alpha value is -1.66. The predicted molar refractivity (Wildman–Crippen MR) is 83.1 cm³/mol. The van der Waals surface area contributed by atoms with Crippen LogP contribution in [-0.2, 0) is 16.8 Å². The third kappa shape index (κ3) is 3.71. The molecular formula is C15H25N5O. The second kappa shape index (κ2) is 6.41. The third-order valence-corrected chi connectivity index (χ3v) is 3.37. The zero-order chi connectivity index (χ0) is 15.5. The van der Waals surface area contributed by atoms with Crippen LogP contribution in [-0.4, -0.2) is 40.2 Å². The van der Waals surface area contributed by atoms with Crippen LogP contribution in [0.25, 0.3) is 11.3 Å². The first-order chi connectivity index (χ1) is 9.93. The summed E-state index contributed by atoms with van der Waals surface area (Å²) in [6.45, 7) is 10.7. The van der Waals surface area contributed by atoms with Crippen LogP contribution in [0.3, 0.4) is 0 Å². The van der Waals surface area contributed by atoms with Crippen molar-refractivity contribution >= 4 is 0 Å². The van der Waals surface area contributed by atoms with Crippen molar-refractivity contribution in [3.05, 3.63) is 23.7 Å². The fourth-order valence-electron chi connectivity index (χ4n) is 2.12. The largest absolute Gasteiger partial charge is 0.383 e.